The lowest BCUT2D eigenvalue weighted by molar-refractivity contribution is -0.128. The van der Waals surface area contributed by atoms with E-state index in [1.54, 1.807) is 6.07 Å². The second-order valence-electron chi connectivity index (χ2n) is 5.68. The zero-order valence-electron chi connectivity index (χ0n) is 13.4. The third kappa shape index (κ3) is 3.30. The summed E-state index contributed by atoms with van der Waals surface area (Å²) in [6, 6.07) is 8.77. The summed E-state index contributed by atoms with van der Waals surface area (Å²) in [5.41, 5.74) is -0.0368. The Morgan fingerprint density at radius 3 is 2.42 bits per heavy atom. The van der Waals surface area contributed by atoms with E-state index in [1.165, 1.54) is 24.3 Å². The molecule has 1 saturated heterocycles. The van der Waals surface area contributed by atoms with Gasteiger partial charge in [0.15, 0.2) is 11.6 Å². The Balaban J connectivity index is 1.87. The van der Waals surface area contributed by atoms with Crippen LogP contribution in [-0.2, 0) is 19.6 Å². The highest BCUT2D eigenvalue weighted by Gasteiger charge is 2.44. The van der Waals surface area contributed by atoms with E-state index in [-0.39, 0.29) is 23.4 Å². The Bertz CT molecular complexity index is 964. The van der Waals surface area contributed by atoms with E-state index in [1.807, 2.05) is 0 Å². The van der Waals surface area contributed by atoms with E-state index < -0.39 is 39.5 Å². The van der Waals surface area contributed by atoms with Crippen LogP contribution in [0.4, 0.5) is 14.5 Å². The number of nitrogens with one attached hydrogen (secondary N) is 1. The van der Waals surface area contributed by atoms with Gasteiger partial charge in [0.25, 0.3) is 10.0 Å². The van der Waals surface area contributed by atoms with Crippen molar-refractivity contribution in [1.29, 1.82) is 0 Å². The van der Waals surface area contributed by atoms with Gasteiger partial charge in [-0.15, -0.1) is 0 Å². The summed E-state index contributed by atoms with van der Waals surface area (Å²) in [5, 5.41) is 2.32. The molecule has 0 radical (unpaired) electrons. The minimum Gasteiger partial charge on any atom is -0.324 e. The maximum atomic E-state index is 13.3. The number of carbonyl (C=O) groups excluding carboxylic acids is 2. The summed E-state index contributed by atoms with van der Waals surface area (Å²) < 4.78 is 52.2. The average Bonchev–Trinajstić information content (AvgIpc) is 3.01. The second kappa shape index (κ2) is 6.83. The van der Waals surface area contributed by atoms with Crippen LogP contribution in [0.3, 0.4) is 0 Å². The van der Waals surface area contributed by atoms with Gasteiger partial charge in [-0.2, -0.15) is 0 Å². The molecule has 136 valence electrons. The van der Waals surface area contributed by atoms with Gasteiger partial charge in [0.2, 0.25) is 11.8 Å². The number of halogens is 2. The highest BCUT2D eigenvalue weighted by Crippen LogP contribution is 2.28. The molecule has 0 unspecified atom stereocenters. The predicted molar refractivity (Wildman–Crippen MR) is 88.5 cm³/mol. The van der Waals surface area contributed by atoms with Gasteiger partial charge in [-0.3, -0.25) is 9.59 Å². The van der Waals surface area contributed by atoms with Crippen LogP contribution >= 0.6 is 0 Å². The first-order chi connectivity index (χ1) is 12.3. The molecule has 0 spiro atoms. The van der Waals surface area contributed by atoms with Crippen molar-refractivity contribution in [3.63, 3.8) is 0 Å². The van der Waals surface area contributed by atoms with E-state index in [4.69, 9.17) is 0 Å². The van der Waals surface area contributed by atoms with Crippen molar-refractivity contribution in [1.82, 2.24) is 4.31 Å². The standard InChI is InChI=1S/C17H14F2N2O4S/c18-13-7-6-11(10-14(13)19)20-17(23)15-8-9-16(22)21(15)26(24,25)12-4-2-1-3-5-12/h1-7,10,15H,8-9H2,(H,20,23)/t15-/m0/s1. The number of nitrogens with zero attached hydrogens (tertiary/aromatic N) is 1. The zero-order valence-corrected chi connectivity index (χ0v) is 14.2. The van der Waals surface area contributed by atoms with Crippen molar-refractivity contribution in [3.05, 3.63) is 60.2 Å². The first-order valence-electron chi connectivity index (χ1n) is 7.69. The van der Waals surface area contributed by atoms with Gasteiger partial charge in [-0.25, -0.2) is 21.5 Å². The molecule has 6 nitrogen and oxygen atoms in total. The summed E-state index contributed by atoms with van der Waals surface area (Å²) in [6.07, 6.45) is -0.109. The largest absolute Gasteiger partial charge is 0.324 e. The quantitative estimate of drug-likeness (QED) is 0.882. The molecule has 9 heteroatoms. The molecule has 2 amide bonds. The molecule has 1 aliphatic rings. The van der Waals surface area contributed by atoms with Gasteiger partial charge < -0.3 is 5.32 Å². The van der Waals surface area contributed by atoms with Gasteiger partial charge in [0.05, 0.1) is 4.90 Å². The Morgan fingerprint density at radius 2 is 1.77 bits per heavy atom. The monoisotopic (exact) mass is 380 g/mol. The summed E-state index contributed by atoms with van der Waals surface area (Å²) in [5.74, 6) is -3.72. The molecule has 3 rings (SSSR count). The minimum absolute atomic E-state index is 0.000404. The zero-order chi connectivity index (χ0) is 18.9. The van der Waals surface area contributed by atoms with Gasteiger partial charge in [0.1, 0.15) is 6.04 Å². The van der Waals surface area contributed by atoms with Crippen LogP contribution < -0.4 is 5.32 Å². The topological polar surface area (TPSA) is 83.6 Å². The van der Waals surface area contributed by atoms with E-state index in [0.717, 1.165) is 18.2 Å². The molecular formula is C17H14F2N2O4S. The Hall–Kier alpha value is -2.81. The molecule has 1 atom stereocenters. The van der Waals surface area contributed by atoms with Crippen LogP contribution in [-0.4, -0.2) is 30.6 Å². The van der Waals surface area contributed by atoms with Crippen LogP contribution in [0.2, 0.25) is 0 Å². The number of carbonyl (C=O) groups is 2. The Morgan fingerprint density at radius 1 is 1.08 bits per heavy atom. The molecule has 2 aromatic carbocycles. The Kier molecular flexibility index (Phi) is 4.73. The molecule has 1 aliphatic heterocycles. The molecular weight excluding hydrogens is 366 g/mol. The van der Waals surface area contributed by atoms with E-state index >= 15 is 0 Å². The fourth-order valence-electron chi connectivity index (χ4n) is 2.71. The van der Waals surface area contributed by atoms with E-state index in [9.17, 15) is 26.8 Å². The van der Waals surface area contributed by atoms with Crippen LogP contribution in [0.25, 0.3) is 0 Å². The van der Waals surface area contributed by atoms with Crippen LogP contribution in [0.1, 0.15) is 12.8 Å². The number of rotatable bonds is 4. The first kappa shape index (κ1) is 18.0. The van der Waals surface area contributed by atoms with Crippen LogP contribution in [0.15, 0.2) is 53.4 Å². The molecule has 0 saturated carbocycles. The van der Waals surface area contributed by atoms with Crippen molar-refractivity contribution < 1.29 is 26.8 Å². The summed E-state index contributed by atoms with van der Waals surface area (Å²) in [4.78, 5) is 24.5. The SMILES string of the molecule is O=C(Nc1ccc(F)c(F)c1)[C@@H]1CCC(=O)N1S(=O)(=O)c1ccccc1. The lowest BCUT2D eigenvalue weighted by atomic mass is 10.2. The van der Waals surface area contributed by atoms with Gasteiger partial charge >= 0.3 is 0 Å². The van der Waals surface area contributed by atoms with Gasteiger partial charge in [0, 0.05) is 18.2 Å². The molecule has 1 N–H and O–H groups in total. The van der Waals surface area contributed by atoms with E-state index in [2.05, 4.69) is 5.32 Å². The number of hydrogen-bond acceptors (Lipinski definition) is 4. The van der Waals surface area contributed by atoms with Crippen molar-refractivity contribution in [3.8, 4) is 0 Å². The second-order valence-corrected chi connectivity index (χ2v) is 7.50. The smallest absolute Gasteiger partial charge is 0.267 e. The number of benzene rings is 2. The average molecular weight is 380 g/mol. The Labute approximate surface area is 148 Å². The van der Waals surface area contributed by atoms with Crippen LogP contribution in [0.5, 0.6) is 0 Å². The minimum atomic E-state index is -4.20. The lowest BCUT2D eigenvalue weighted by Crippen LogP contribution is -2.45. The van der Waals surface area contributed by atoms with Crippen molar-refractivity contribution in [2.75, 3.05) is 5.32 Å². The maximum Gasteiger partial charge on any atom is 0.267 e. The van der Waals surface area contributed by atoms with Crippen molar-refractivity contribution in [2.24, 2.45) is 0 Å². The van der Waals surface area contributed by atoms with Crippen LogP contribution in [0, 0.1) is 11.6 Å². The third-order valence-electron chi connectivity index (χ3n) is 3.95. The number of hydrogen-bond donors (Lipinski definition) is 1. The molecule has 0 bridgehead atoms. The lowest BCUT2D eigenvalue weighted by Gasteiger charge is -2.23. The molecule has 0 aromatic heterocycles. The summed E-state index contributed by atoms with van der Waals surface area (Å²) in [7, 11) is -4.20. The molecule has 2 aromatic rings. The summed E-state index contributed by atoms with van der Waals surface area (Å²) >= 11 is 0. The molecule has 26 heavy (non-hydrogen) atoms. The first-order valence-corrected chi connectivity index (χ1v) is 9.13. The fraction of sp³-hybridized carbons (Fsp3) is 0.176. The third-order valence-corrected chi connectivity index (χ3v) is 5.79. The molecule has 0 aliphatic carbocycles. The highest BCUT2D eigenvalue weighted by atomic mass is 32.2. The van der Waals surface area contributed by atoms with Crippen molar-refractivity contribution >= 4 is 27.5 Å². The summed E-state index contributed by atoms with van der Waals surface area (Å²) in [6.45, 7) is 0. The van der Waals surface area contributed by atoms with Crippen molar-refractivity contribution in [2.45, 2.75) is 23.8 Å². The molecule has 1 fully saturated rings. The number of sulfonamides is 1. The fourth-order valence-corrected chi connectivity index (χ4v) is 4.33. The maximum absolute atomic E-state index is 13.3. The normalized spacial score (nSPS) is 17.4. The molecule has 1 heterocycles. The number of amides is 2. The highest BCUT2D eigenvalue weighted by molar-refractivity contribution is 7.89. The van der Waals surface area contributed by atoms with Gasteiger partial charge in [-0.1, -0.05) is 18.2 Å². The van der Waals surface area contributed by atoms with Gasteiger partial charge in [-0.05, 0) is 30.7 Å². The number of anilines is 1. The van der Waals surface area contributed by atoms with E-state index in [0.29, 0.717) is 4.31 Å². The predicted octanol–water partition coefficient (Wildman–Crippen LogP) is 2.28.